The smallest absolute Gasteiger partial charge is 0.306 e. The van der Waals surface area contributed by atoms with Gasteiger partial charge in [-0.2, -0.15) is 8.39 Å². The van der Waals surface area contributed by atoms with Crippen LogP contribution in [0.15, 0.2) is 0 Å². The van der Waals surface area contributed by atoms with Gasteiger partial charge in [-0.25, -0.2) is 0 Å². The third kappa shape index (κ3) is 10.2. The van der Waals surface area contributed by atoms with E-state index in [0.29, 0.717) is 0 Å². The summed E-state index contributed by atoms with van der Waals surface area (Å²) < 4.78 is 27.1. The summed E-state index contributed by atoms with van der Waals surface area (Å²) in [5.74, 6) is 0. The van der Waals surface area contributed by atoms with Gasteiger partial charge in [0.25, 0.3) is 0 Å². The Labute approximate surface area is 68.2 Å². The maximum absolute atomic E-state index is 11.5. The monoisotopic (exact) mass is 184 g/mol. The number of rotatable bonds is 7. The summed E-state index contributed by atoms with van der Waals surface area (Å²) in [7, 11) is -3.12. The Morgan fingerprint density at radius 3 is 2.27 bits per heavy atom. The summed E-state index contributed by atoms with van der Waals surface area (Å²) in [6.07, 6.45) is 5.29. The molecule has 11 heavy (non-hydrogen) atoms. The van der Waals surface area contributed by atoms with Crippen LogP contribution in [0.5, 0.6) is 0 Å². The second kappa shape index (κ2) is 8.35. The standard InChI is InChI=1S/C7H15F2OP/c1-2-3-4-5-6-7-10-11(8)9/h2-7H2,1H3. The van der Waals surface area contributed by atoms with E-state index in [0.717, 1.165) is 19.3 Å². The molecule has 0 atom stereocenters. The fourth-order valence-corrected chi connectivity index (χ4v) is 1.11. The van der Waals surface area contributed by atoms with Crippen molar-refractivity contribution >= 4 is 8.77 Å². The molecule has 1 nitrogen and oxygen atoms in total. The van der Waals surface area contributed by atoms with Crippen LogP contribution in [0.1, 0.15) is 39.0 Å². The largest absolute Gasteiger partial charge is 0.415 e. The minimum absolute atomic E-state index is 0.225. The van der Waals surface area contributed by atoms with E-state index in [1.807, 2.05) is 0 Å². The van der Waals surface area contributed by atoms with Crippen molar-refractivity contribution in [3.63, 3.8) is 0 Å². The molecule has 0 rings (SSSR count). The Bertz CT molecular complexity index is 80.8. The highest BCUT2D eigenvalue weighted by molar-refractivity contribution is 7.40. The van der Waals surface area contributed by atoms with Gasteiger partial charge >= 0.3 is 8.77 Å². The van der Waals surface area contributed by atoms with Crippen molar-refractivity contribution in [2.45, 2.75) is 39.0 Å². The predicted octanol–water partition coefficient (Wildman–Crippen LogP) is 4.14. The van der Waals surface area contributed by atoms with Gasteiger partial charge in [0.05, 0.1) is 6.61 Å². The lowest BCUT2D eigenvalue weighted by Crippen LogP contribution is -1.86. The molecule has 0 aliphatic heterocycles. The topological polar surface area (TPSA) is 9.23 Å². The number of hydrogen-bond donors (Lipinski definition) is 0. The third-order valence-corrected chi connectivity index (χ3v) is 1.81. The molecule has 0 unspecified atom stereocenters. The highest BCUT2D eigenvalue weighted by Crippen LogP contribution is 2.39. The summed E-state index contributed by atoms with van der Waals surface area (Å²) in [5.41, 5.74) is 0. The van der Waals surface area contributed by atoms with Gasteiger partial charge in [0.15, 0.2) is 0 Å². The zero-order chi connectivity index (χ0) is 8.53. The van der Waals surface area contributed by atoms with E-state index in [9.17, 15) is 8.39 Å². The highest BCUT2D eigenvalue weighted by atomic mass is 31.2. The maximum Gasteiger partial charge on any atom is 0.415 e. The van der Waals surface area contributed by atoms with Crippen LogP contribution in [0, 0.1) is 0 Å². The van der Waals surface area contributed by atoms with Gasteiger partial charge < -0.3 is 4.52 Å². The maximum atomic E-state index is 11.5. The Morgan fingerprint density at radius 2 is 1.73 bits per heavy atom. The fraction of sp³-hybridized carbons (Fsp3) is 1.00. The summed E-state index contributed by atoms with van der Waals surface area (Å²) in [4.78, 5) is 0. The minimum Gasteiger partial charge on any atom is -0.306 e. The van der Waals surface area contributed by atoms with Crippen LogP contribution in [-0.4, -0.2) is 6.61 Å². The number of unbranched alkanes of at least 4 members (excludes halogenated alkanes) is 4. The molecule has 0 aromatic carbocycles. The van der Waals surface area contributed by atoms with Crippen LogP contribution in [0.25, 0.3) is 0 Å². The first-order valence-electron chi connectivity index (χ1n) is 4.02. The molecule has 0 heterocycles. The Morgan fingerprint density at radius 1 is 1.09 bits per heavy atom. The van der Waals surface area contributed by atoms with E-state index in [4.69, 9.17) is 0 Å². The van der Waals surface area contributed by atoms with Crippen LogP contribution < -0.4 is 0 Å². The van der Waals surface area contributed by atoms with E-state index < -0.39 is 8.77 Å². The first-order valence-corrected chi connectivity index (χ1v) is 5.06. The van der Waals surface area contributed by atoms with E-state index in [2.05, 4.69) is 11.4 Å². The van der Waals surface area contributed by atoms with Crippen molar-refractivity contribution in [2.24, 2.45) is 0 Å². The summed E-state index contributed by atoms with van der Waals surface area (Å²) >= 11 is 0. The van der Waals surface area contributed by atoms with Crippen LogP contribution in [0.3, 0.4) is 0 Å². The molecule has 0 bridgehead atoms. The quantitative estimate of drug-likeness (QED) is 0.426. The van der Waals surface area contributed by atoms with E-state index in [-0.39, 0.29) is 6.61 Å². The van der Waals surface area contributed by atoms with Crippen LogP contribution in [-0.2, 0) is 4.52 Å². The van der Waals surface area contributed by atoms with E-state index >= 15 is 0 Å². The van der Waals surface area contributed by atoms with Crippen molar-refractivity contribution in [3.8, 4) is 0 Å². The van der Waals surface area contributed by atoms with Gasteiger partial charge in [0, 0.05) is 0 Å². The average Bonchev–Trinajstić information content (AvgIpc) is 1.96. The molecule has 0 radical (unpaired) electrons. The van der Waals surface area contributed by atoms with Gasteiger partial charge in [-0.15, -0.1) is 0 Å². The molecule has 0 amide bonds. The van der Waals surface area contributed by atoms with Crippen molar-refractivity contribution in [2.75, 3.05) is 6.61 Å². The Balaban J connectivity index is 2.80. The molecule has 0 aromatic heterocycles. The molecule has 0 spiro atoms. The Hall–Kier alpha value is 0.250. The number of hydrogen-bond acceptors (Lipinski definition) is 1. The molecule has 0 aromatic rings. The molecule has 68 valence electrons. The first kappa shape index (κ1) is 11.2. The lowest BCUT2D eigenvalue weighted by molar-refractivity contribution is 0.297. The van der Waals surface area contributed by atoms with Crippen LogP contribution >= 0.6 is 8.77 Å². The second-order valence-electron chi connectivity index (χ2n) is 2.45. The van der Waals surface area contributed by atoms with Crippen molar-refractivity contribution < 1.29 is 12.9 Å². The predicted molar refractivity (Wildman–Crippen MR) is 43.8 cm³/mol. The molecule has 0 saturated heterocycles. The van der Waals surface area contributed by atoms with Gasteiger partial charge in [-0.1, -0.05) is 32.6 Å². The van der Waals surface area contributed by atoms with Crippen molar-refractivity contribution in [1.29, 1.82) is 0 Å². The normalized spacial score (nSPS) is 10.9. The molecule has 0 saturated carbocycles. The summed E-state index contributed by atoms with van der Waals surface area (Å²) in [6, 6.07) is 0. The lowest BCUT2D eigenvalue weighted by atomic mass is 10.2. The highest BCUT2D eigenvalue weighted by Gasteiger charge is 2.02. The lowest BCUT2D eigenvalue weighted by Gasteiger charge is -1.99. The minimum atomic E-state index is -3.12. The summed E-state index contributed by atoms with van der Waals surface area (Å²) in [5, 5.41) is 0. The number of halogens is 2. The van der Waals surface area contributed by atoms with E-state index in [1.54, 1.807) is 0 Å². The molecule has 0 N–H and O–H groups in total. The molecule has 0 aliphatic carbocycles. The van der Waals surface area contributed by atoms with Gasteiger partial charge in [-0.3, -0.25) is 0 Å². The van der Waals surface area contributed by atoms with Gasteiger partial charge in [0.2, 0.25) is 0 Å². The zero-order valence-corrected chi connectivity index (χ0v) is 7.75. The van der Waals surface area contributed by atoms with E-state index in [1.165, 1.54) is 12.8 Å². The third-order valence-electron chi connectivity index (χ3n) is 1.44. The second-order valence-corrected chi connectivity index (χ2v) is 3.11. The molecule has 0 fully saturated rings. The Kier molecular flexibility index (Phi) is 8.54. The molecular weight excluding hydrogens is 169 g/mol. The van der Waals surface area contributed by atoms with Crippen LogP contribution in [0.2, 0.25) is 0 Å². The average molecular weight is 184 g/mol. The van der Waals surface area contributed by atoms with Crippen molar-refractivity contribution in [1.82, 2.24) is 0 Å². The van der Waals surface area contributed by atoms with Gasteiger partial charge in [-0.05, 0) is 6.42 Å². The van der Waals surface area contributed by atoms with Crippen LogP contribution in [0.4, 0.5) is 8.39 Å². The molecular formula is C7H15F2OP. The summed E-state index contributed by atoms with van der Waals surface area (Å²) in [6.45, 7) is 2.35. The SMILES string of the molecule is CCCCCCCOP(F)F. The fourth-order valence-electron chi connectivity index (χ4n) is 0.839. The zero-order valence-electron chi connectivity index (χ0n) is 6.85. The van der Waals surface area contributed by atoms with Gasteiger partial charge in [0.1, 0.15) is 0 Å². The molecule has 0 aliphatic rings. The molecule has 4 heteroatoms. The van der Waals surface area contributed by atoms with Crippen molar-refractivity contribution in [3.05, 3.63) is 0 Å². The first-order chi connectivity index (χ1) is 5.27.